The quantitative estimate of drug-likeness (QED) is 0.235. The van der Waals surface area contributed by atoms with Gasteiger partial charge in [-0.3, -0.25) is 14.2 Å². The van der Waals surface area contributed by atoms with Crippen molar-refractivity contribution in [2.45, 2.75) is 43.8 Å². The number of fused-ring (bicyclic) bond motifs is 3. The number of carbonyl (C=O) groups is 1. The van der Waals surface area contributed by atoms with Crippen LogP contribution >= 0.6 is 34.7 Å². The summed E-state index contributed by atoms with van der Waals surface area (Å²) < 4.78 is 1.63. The number of nitrogens with zero attached hydrogens (tertiary/aromatic N) is 2. The molecule has 0 bridgehead atoms. The molecule has 0 unspecified atom stereocenters. The number of rotatable bonds is 6. The van der Waals surface area contributed by atoms with E-state index in [4.69, 9.17) is 16.6 Å². The Balaban J connectivity index is 1.60. The molecule has 2 aromatic heterocycles. The Bertz CT molecular complexity index is 1150. The minimum absolute atomic E-state index is 0.0279. The average Bonchev–Trinajstić information content (AvgIpc) is 2.92. The van der Waals surface area contributed by atoms with Crippen LogP contribution in [0.2, 0.25) is 5.02 Å². The largest absolute Gasteiger partial charge is 0.325 e. The van der Waals surface area contributed by atoms with Gasteiger partial charge >= 0.3 is 0 Å². The molecule has 4 rings (SSSR count). The van der Waals surface area contributed by atoms with Crippen molar-refractivity contribution in [3.63, 3.8) is 0 Å². The van der Waals surface area contributed by atoms with E-state index in [1.165, 1.54) is 28.6 Å². The summed E-state index contributed by atoms with van der Waals surface area (Å²) in [5.74, 6) is -0.00760. The molecule has 3 aromatic rings. The van der Waals surface area contributed by atoms with Crippen LogP contribution in [0.5, 0.6) is 0 Å². The first-order chi connectivity index (χ1) is 14.6. The van der Waals surface area contributed by atoms with Crippen LogP contribution in [-0.2, 0) is 24.2 Å². The van der Waals surface area contributed by atoms with Gasteiger partial charge in [-0.15, -0.1) is 17.9 Å². The van der Waals surface area contributed by atoms with E-state index in [2.05, 4.69) is 11.9 Å². The molecule has 0 atom stereocenters. The van der Waals surface area contributed by atoms with Crippen molar-refractivity contribution in [2.75, 3.05) is 11.1 Å². The summed E-state index contributed by atoms with van der Waals surface area (Å²) in [5, 5.41) is 4.76. The van der Waals surface area contributed by atoms with Gasteiger partial charge in [0.25, 0.3) is 5.56 Å². The summed E-state index contributed by atoms with van der Waals surface area (Å²) in [6, 6.07) is 6.95. The normalized spacial score (nSPS) is 13.6. The van der Waals surface area contributed by atoms with Gasteiger partial charge in [0.15, 0.2) is 5.16 Å². The summed E-state index contributed by atoms with van der Waals surface area (Å²) >= 11 is 8.78. The number of nitrogens with one attached hydrogen (secondary N) is 1. The van der Waals surface area contributed by atoms with E-state index in [-0.39, 0.29) is 17.2 Å². The van der Waals surface area contributed by atoms with Gasteiger partial charge in [0.2, 0.25) is 5.91 Å². The van der Waals surface area contributed by atoms with Crippen LogP contribution in [0.15, 0.2) is 46.9 Å². The number of carbonyl (C=O) groups excluding carboxylic acids is 1. The van der Waals surface area contributed by atoms with Crippen molar-refractivity contribution in [1.29, 1.82) is 0 Å². The van der Waals surface area contributed by atoms with E-state index in [1.54, 1.807) is 46.2 Å². The van der Waals surface area contributed by atoms with Gasteiger partial charge in [-0.2, -0.15) is 0 Å². The fourth-order valence-corrected chi connectivity index (χ4v) is 5.89. The van der Waals surface area contributed by atoms with Crippen LogP contribution in [-0.4, -0.2) is 21.2 Å². The number of thioether (sulfide) groups is 1. The zero-order valence-corrected chi connectivity index (χ0v) is 18.8. The van der Waals surface area contributed by atoms with E-state index >= 15 is 0 Å². The molecule has 2 heterocycles. The third-order valence-corrected chi connectivity index (χ3v) is 7.48. The number of halogens is 1. The Morgan fingerprint density at radius 1 is 1.27 bits per heavy atom. The molecular formula is C22H22ClN3O2S2. The minimum atomic E-state index is -0.163. The number of amides is 1. The first kappa shape index (κ1) is 21.2. The van der Waals surface area contributed by atoms with Gasteiger partial charge in [-0.05, 0) is 55.5 Å². The zero-order valence-electron chi connectivity index (χ0n) is 16.4. The topological polar surface area (TPSA) is 64.0 Å². The lowest BCUT2D eigenvalue weighted by Crippen LogP contribution is -2.24. The Morgan fingerprint density at radius 3 is 2.80 bits per heavy atom. The summed E-state index contributed by atoms with van der Waals surface area (Å²) in [7, 11) is 0. The predicted octanol–water partition coefficient (Wildman–Crippen LogP) is 5.30. The molecule has 8 heteroatoms. The Hall–Kier alpha value is -2.09. The Morgan fingerprint density at radius 2 is 2.03 bits per heavy atom. The molecule has 0 aliphatic heterocycles. The smallest absolute Gasteiger partial charge is 0.263 e. The highest BCUT2D eigenvalue weighted by Gasteiger charge is 2.21. The average molecular weight is 460 g/mol. The van der Waals surface area contributed by atoms with E-state index in [0.717, 1.165) is 35.9 Å². The number of hydrogen-bond donors (Lipinski definition) is 1. The zero-order chi connectivity index (χ0) is 21.1. The number of anilines is 1. The van der Waals surface area contributed by atoms with Crippen LogP contribution in [0.1, 0.15) is 29.7 Å². The summed E-state index contributed by atoms with van der Waals surface area (Å²) in [4.78, 5) is 32.6. The molecule has 0 spiro atoms. The first-order valence-corrected chi connectivity index (χ1v) is 12.1. The number of benzene rings is 1. The van der Waals surface area contributed by atoms with Gasteiger partial charge in [-0.25, -0.2) is 4.98 Å². The molecule has 1 aliphatic carbocycles. The molecule has 1 N–H and O–H groups in total. The molecule has 1 amide bonds. The second kappa shape index (κ2) is 9.37. The van der Waals surface area contributed by atoms with Crippen molar-refractivity contribution in [3.8, 4) is 0 Å². The highest BCUT2D eigenvalue weighted by atomic mass is 35.5. The van der Waals surface area contributed by atoms with Crippen molar-refractivity contribution in [2.24, 2.45) is 0 Å². The van der Waals surface area contributed by atoms with Crippen molar-refractivity contribution >= 4 is 56.5 Å². The second-order valence-electron chi connectivity index (χ2n) is 7.19. The third-order valence-electron chi connectivity index (χ3n) is 5.06. The van der Waals surface area contributed by atoms with Gasteiger partial charge < -0.3 is 5.32 Å². The number of allylic oxidation sites excluding steroid dienone is 1. The first-order valence-electron chi connectivity index (χ1n) is 9.91. The molecule has 0 fully saturated rings. The van der Waals surface area contributed by atoms with E-state index < -0.39 is 0 Å². The van der Waals surface area contributed by atoms with Gasteiger partial charge in [0, 0.05) is 22.1 Å². The maximum Gasteiger partial charge on any atom is 0.263 e. The molecule has 1 aromatic carbocycles. The molecular weight excluding hydrogens is 438 g/mol. The van der Waals surface area contributed by atoms with Crippen LogP contribution in [0.4, 0.5) is 5.69 Å². The van der Waals surface area contributed by atoms with Crippen molar-refractivity contribution < 1.29 is 4.79 Å². The summed E-state index contributed by atoms with van der Waals surface area (Å²) in [5.41, 5.74) is 1.83. The van der Waals surface area contributed by atoms with Crippen LogP contribution in [0.3, 0.4) is 0 Å². The van der Waals surface area contributed by atoms with Crippen LogP contribution in [0.25, 0.3) is 10.2 Å². The highest BCUT2D eigenvalue weighted by molar-refractivity contribution is 7.99. The lowest BCUT2D eigenvalue weighted by Gasteiger charge is -2.11. The van der Waals surface area contributed by atoms with Gasteiger partial charge in [-0.1, -0.05) is 35.9 Å². The second-order valence-corrected chi connectivity index (χ2v) is 9.65. The van der Waals surface area contributed by atoms with Gasteiger partial charge in [0.1, 0.15) is 4.83 Å². The minimum Gasteiger partial charge on any atom is -0.325 e. The fourth-order valence-electron chi connectivity index (χ4n) is 3.66. The predicted molar refractivity (Wildman–Crippen MR) is 126 cm³/mol. The number of hydrogen-bond acceptors (Lipinski definition) is 5. The van der Waals surface area contributed by atoms with Crippen LogP contribution in [0, 0.1) is 0 Å². The maximum absolute atomic E-state index is 13.3. The number of aryl methyl sites for hydroxylation is 2. The molecule has 0 saturated carbocycles. The number of thiophene rings is 1. The standard InChI is InChI=1S/C22H22ClN3O2S2/c1-2-12-26-21(28)19-16-6-4-3-5-7-17(16)30-20(19)25-22(26)29-13-18(27)24-15-10-8-14(23)9-11-15/h2,8-11H,1,3-7,12-13H2,(H,24,27). The SMILES string of the molecule is C=CCn1c(SCC(=O)Nc2ccc(Cl)cc2)nc2sc3c(c2c1=O)CCCCC3. The molecule has 30 heavy (non-hydrogen) atoms. The van der Waals surface area contributed by atoms with E-state index in [9.17, 15) is 9.59 Å². The van der Waals surface area contributed by atoms with Gasteiger partial charge in [0.05, 0.1) is 11.1 Å². The monoisotopic (exact) mass is 459 g/mol. The maximum atomic E-state index is 13.3. The van der Waals surface area contributed by atoms with E-state index in [1.807, 2.05) is 0 Å². The highest BCUT2D eigenvalue weighted by Crippen LogP contribution is 2.34. The molecule has 5 nitrogen and oxygen atoms in total. The summed E-state index contributed by atoms with van der Waals surface area (Å²) in [6.45, 7) is 4.15. The van der Waals surface area contributed by atoms with Crippen LogP contribution < -0.4 is 10.9 Å². The fraction of sp³-hybridized carbons (Fsp3) is 0.318. The molecule has 0 saturated heterocycles. The summed E-state index contributed by atoms with van der Waals surface area (Å²) in [6.07, 6.45) is 7.12. The lowest BCUT2D eigenvalue weighted by molar-refractivity contribution is -0.113. The lowest BCUT2D eigenvalue weighted by atomic mass is 10.1. The number of aromatic nitrogens is 2. The molecule has 156 valence electrons. The molecule has 0 radical (unpaired) electrons. The Labute approximate surface area is 188 Å². The van der Waals surface area contributed by atoms with Crippen molar-refractivity contribution in [3.05, 3.63) is 62.7 Å². The van der Waals surface area contributed by atoms with E-state index in [0.29, 0.717) is 22.4 Å². The van der Waals surface area contributed by atoms with Crippen molar-refractivity contribution in [1.82, 2.24) is 9.55 Å². The Kier molecular flexibility index (Phi) is 6.61. The molecule has 1 aliphatic rings. The third kappa shape index (κ3) is 4.48.